The Morgan fingerprint density at radius 1 is 0.895 bits per heavy atom. The van der Waals surface area contributed by atoms with Crippen molar-refractivity contribution in [1.29, 1.82) is 0 Å². The molecule has 1 aliphatic rings. The third-order valence-corrected chi connectivity index (χ3v) is 9.83. The van der Waals surface area contributed by atoms with E-state index in [0.29, 0.717) is 28.2 Å². The highest BCUT2D eigenvalue weighted by molar-refractivity contribution is 6.04. The van der Waals surface area contributed by atoms with Crippen LogP contribution in [-0.4, -0.2) is 76.2 Å². The molecule has 12 nitrogen and oxygen atoms in total. The van der Waals surface area contributed by atoms with Crippen molar-refractivity contribution >= 4 is 23.6 Å². The zero-order chi connectivity index (χ0) is 40.9. The van der Waals surface area contributed by atoms with Gasteiger partial charge in [-0.05, 0) is 53.1 Å². The number of Topliss-reactive ketones (excluding diaryl/α,β-unsaturated/α-hetero) is 1. The number of nitrogens with zero attached hydrogens (tertiary/aromatic N) is 2. The summed E-state index contributed by atoms with van der Waals surface area (Å²) in [6.45, 7) is 0. The van der Waals surface area contributed by atoms with E-state index in [4.69, 9.17) is 19.9 Å². The summed E-state index contributed by atoms with van der Waals surface area (Å²) in [6.07, 6.45) is -8.03. The summed E-state index contributed by atoms with van der Waals surface area (Å²) in [5, 5.41) is 26.8. The maximum atomic E-state index is 13.6. The largest absolute Gasteiger partial charge is 0.497 e. The average Bonchev–Trinajstić information content (AvgIpc) is 3.61. The fourth-order valence-corrected chi connectivity index (χ4v) is 6.97. The van der Waals surface area contributed by atoms with Crippen molar-refractivity contribution in [2.24, 2.45) is 5.73 Å². The van der Waals surface area contributed by atoms with Crippen LogP contribution in [0.1, 0.15) is 45.3 Å². The summed E-state index contributed by atoms with van der Waals surface area (Å²) in [5.41, 5.74) is 5.13. The lowest BCUT2D eigenvalue weighted by Gasteiger charge is -2.43. The van der Waals surface area contributed by atoms with E-state index < -0.39 is 59.6 Å². The molecule has 1 saturated heterocycles. The number of amides is 1. The molecule has 1 fully saturated rings. The number of rotatable bonds is 13. The third-order valence-electron chi connectivity index (χ3n) is 9.83. The first-order chi connectivity index (χ1) is 27.3. The average molecular weight is 785 g/mol. The second-order valence-corrected chi connectivity index (χ2v) is 13.2. The molecule has 0 bridgehead atoms. The predicted molar refractivity (Wildman–Crippen MR) is 204 cm³/mol. The number of nitrogens with two attached hydrogens (primary N) is 1. The predicted octanol–water partition coefficient (Wildman–Crippen LogP) is 5.03. The van der Waals surface area contributed by atoms with Gasteiger partial charge >= 0.3 is 11.9 Å². The number of aliphatic hydroxyl groups excluding tert-OH is 2. The minimum absolute atomic E-state index is 0.110. The topological polar surface area (TPSA) is 175 Å². The summed E-state index contributed by atoms with van der Waals surface area (Å²) >= 11 is 0. The zero-order valence-corrected chi connectivity index (χ0v) is 30.7. The number of hydrogen-bond acceptors (Lipinski definition) is 10. The Balaban J connectivity index is 1.42. The van der Waals surface area contributed by atoms with Crippen LogP contribution in [-0.2, 0) is 14.9 Å². The molecule has 1 aliphatic heterocycles. The van der Waals surface area contributed by atoms with E-state index in [1.807, 2.05) is 30.3 Å². The van der Waals surface area contributed by atoms with Crippen LogP contribution in [0.25, 0.3) is 6.08 Å². The van der Waals surface area contributed by atoms with Crippen LogP contribution in [0.5, 0.6) is 11.5 Å². The van der Waals surface area contributed by atoms with Gasteiger partial charge in [0.15, 0.2) is 0 Å². The van der Waals surface area contributed by atoms with E-state index in [-0.39, 0.29) is 23.4 Å². The first-order valence-corrected chi connectivity index (χ1v) is 17.7. The van der Waals surface area contributed by atoms with Gasteiger partial charge in [0.2, 0.25) is 0 Å². The van der Waals surface area contributed by atoms with Crippen molar-refractivity contribution in [2.45, 2.75) is 48.6 Å². The molecule has 5 atom stereocenters. The lowest BCUT2D eigenvalue weighted by molar-refractivity contribution is -0.171. The van der Waals surface area contributed by atoms with Gasteiger partial charge in [0.05, 0.1) is 31.8 Å². The number of aromatic nitrogens is 2. The van der Waals surface area contributed by atoms with Gasteiger partial charge in [-0.2, -0.15) is 18.2 Å². The number of halogens is 3. The van der Waals surface area contributed by atoms with Gasteiger partial charge in [0, 0.05) is 23.7 Å². The number of methoxy groups -OCH3 is 2. The SMILES string of the molecule is COc1ccc(C(c2ccccc2)(c2ccc(OC)cc2)C(O)[C@H]2O[C@@H](n3cc(C=CC(N)C(=O)C(F)(F)F)c(NC(=O)c4ccccc4)nc3=O)C[C@@H]2O)cc1. The third kappa shape index (κ3) is 8.37. The van der Waals surface area contributed by atoms with Crippen molar-refractivity contribution < 1.29 is 47.2 Å². The summed E-state index contributed by atoms with van der Waals surface area (Å²) in [7, 11) is 3.05. The zero-order valence-electron chi connectivity index (χ0n) is 30.7. The standard InChI is InChI=1S/C42H39F3N4O8/c1-55-30-18-14-28(15-19-30)41(27-11-7-4-8-12-27,29-16-20-31(56-2)21-17-29)37(52)35-33(50)23-34(57-35)49-24-26(13-22-32(46)36(51)42(43,44)45)38(48-40(49)54)47-39(53)25-9-5-3-6-10-25/h3-22,24,32-35,37,50,52H,23,46H2,1-2H3,(H,47,48,53,54)/t32?,33-,34+,35-,37?/m0/s1. The van der Waals surface area contributed by atoms with Gasteiger partial charge < -0.3 is 35.5 Å². The maximum absolute atomic E-state index is 13.6. The molecule has 6 rings (SSSR count). The van der Waals surface area contributed by atoms with Gasteiger partial charge in [0.1, 0.15) is 35.8 Å². The van der Waals surface area contributed by atoms with Crippen molar-refractivity contribution in [1.82, 2.24) is 9.55 Å². The number of alkyl halides is 3. The highest BCUT2D eigenvalue weighted by Gasteiger charge is 2.52. The molecule has 4 aromatic carbocycles. The summed E-state index contributed by atoms with van der Waals surface area (Å²) in [6, 6.07) is 29.0. The normalized spacial score (nSPS) is 18.2. The first-order valence-electron chi connectivity index (χ1n) is 17.7. The number of carbonyl (C=O) groups excluding carboxylic acids is 2. The Labute approximate surface area is 325 Å². The molecule has 0 radical (unpaired) electrons. The van der Waals surface area contributed by atoms with Crippen LogP contribution in [0.2, 0.25) is 0 Å². The second-order valence-electron chi connectivity index (χ2n) is 13.2. The first kappa shape index (κ1) is 40.5. The quantitative estimate of drug-likeness (QED) is 0.119. The van der Waals surface area contributed by atoms with Crippen molar-refractivity contribution in [2.75, 3.05) is 19.5 Å². The van der Waals surface area contributed by atoms with Crippen LogP contribution in [0.15, 0.2) is 126 Å². The monoisotopic (exact) mass is 784 g/mol. The van der Waals surface area contributed by atoms with Crippen LogP contribution in [0, 0.1) is 0 Å². The lowest BCUT2D eigenvalue weighted by Crippen LogP contribution is -2.51. The molecule has 5 aromatic rings. The van der Waals surface area contributed by atoms with Gasteiger partial charge in [0.25, 0.3) is 11.7 Å². The molecule has 296 valence electrons. The minimum atomic E-state index is -5.22. The molecular formula is C42H39F3N4O8. The molecule has 15 heteroatoms. The van der Waals surface area contributed by atoms with E-state index in [9.17, 15) is 37.8 Å². The van der Waals surface area contributed by atoms with E-state index in [2.05, 4.69) is 10.3 Å². The van der Waals surface area contributed by atoms with Crippen LogP contribution >= 0.6 is 0 Å². The summed E-state index contributed by atoms with van der Waals surface area (Å²) in [5.74, 6) is -2.12. The lowest BCUT2D eigenvalue weighted by atomic mass is 9.64. The number of anilines is 1. The molecule has 0 aliphatic carbocycles. The smallest absolute Gasteiger partial charge is 0.452 e. The number of benzene rings is 4. The molecule has 2 heterocycles. The molecule has 5 N–H and O–H groups in total. The van der Waals surface area contributed by atoms with Crippen molar-refractivity contribution in [3.05, 3.63) is 160 Å². The molecular weight excluding hydrogens is 745 g/mol. The van der Waals surface area contributed by atoms with Crippen molar-refractivity contribution in [3.8, 4) is 11.5 Å². The van der Waals surface area contributed by atoms with Gasteiger partial charge in [-0.3, -0.25) is 14.2 Å². The van der Waals surface area contributed by atoms with E-state index >= 15 is 0 Å². The van der Waals surface area contributed by atoms with Crippen molar-refractivity contribution in [3.63, 3.8) is 0 Å². The molecule has 1 aromatic heterocycles. The maximum Gasteiger partial charge on any atom is 0.452 e. The Hall–Kier alpha value is -6.13. The molecule has 0 saturated carbocycles. The van der Waals surface area contributed by atoms with Crippen LogP contribution in [0.4, 0.5) is 19.0 Å². The number of carbonyl (C=O) groups is 2. The van der Waals surface area contributed by atoms with Crippen LogP contribution in [0.3, 0.4) is 0 Å². The van der Waals surface area contributed by atoms with Crippen LogP contribution < -0.4 is 26.2 Å². The second kappa shape index (κ2) is 16.9. The Kier molecular flexibility index (Phi) is 12.0. The Morgan fingerprint density at radius 3 is 1.95 bits per heavy atom. The molecule has 57 heavy (non-hydrogen) atoms. The fraction of sp³-hybridized carbons (Fsp3) is 0.238. The highest BCUT2D eigenvalue weighted by Crippen LogP contribution is 2.47. The number of hydrogen-bond donors (Lipinski definition) is 4. The Bertz CT molecular complexity index is 2220. The van der Waals surface area contributed by atoms with E-state index in [1.54, 1.807) is 66.7 Å². The Morgan fingerprint density at radius 2 is 1.42 bits per heavy atom. The van der Waals surface area contributed by atoms with Gasteiger partial charge in [-0.15, -0.1) is 0 Å². The van der Waals surface area contributed by atoms with E-state index in [0.717, 1.165) is 22.9 Å². The molecule has 1 amide bonds. The van der Waals surface area contributed by atoms with E-state index in [1.165, 1.54) is 26.4 Å². The summed E-state index contributed by atoms with van der Waals surface area (Å²) < 4.78 is 57.6. The molecule has 2 unspecified atom stereocenters. The minimum Gasteiger partial charge on any atom is -0.497 e. The number of ether oxygens (including phenoxy) is 3. The van der Waals surface area contributed by atoms with Gasteiger partial charge in [-0.1, -0.05) is 84.9 Å². The number of ketones is 1. The number of aliphatic hydroxyl groups is 2. The fourth-order valence-electron chi connectivity index (χ4n) is 6.97. The molecule has 0 spiro atoms. The van der Waals surface area contributed by atoms with Gasteiger partial charge in [-0.25, -0.2) is 4.79 Å². The number of nitrogens with one attached hydrogen (secondary N) is 1. The summed E-state index contributed by atoms with van der Waals surface area (Å²) in [4.78, 5) is 42.5. The highest BCUT2D eigenvalue weighted by atomic mass is 19.4.